The van der Waals surface area contributed by atoms with E-state index >= 15 is 0 Å². The van der Waals surface area contributed by atoms with Crippen LogP contribution >= 0.6 is 0 Å². The number of alkyl halides is 3. The molecule has 1 aromatic heterocycles. The number of nitrogens with zero attached hydrogens (tertiary/aromatic N) is 2. The number of nitrogens with one attached hydrogen (secondary N) is 1. The summed E-state index contributed by atoms with van der Waals surface area (Å²) in [7, 11) is 3.72. The van der Waals surface area contributed by atoms with Gasteiger partial charge in [0, 0.05) is 36.2 Å². The molecule has 0 spiro atoms. The number of hydrogen-bond acceptors (Lipinski definition) is 2. The Balaban J connectivity index is 1.86. The molecule has 1 amide bonds. The summed E-state index contributed by atoms with van der Waals surface area (Å²) in [5.41, 5.74) is 1.86. The highest BCUT2D eigenvalue weighted by Crippen LogP contribution is 2.30. The first-order chi connectivity index (χ1) is 14.5. The summed E-state index contributed by atoms with van der Waals surface area (Å²) >= 11 is 0. The number of aromatic amines is 1. The van der Waals surface area contributed by atoms with E-state index in [9.17, 15) is 22.4 Å². The van der Waals surface area contributed by atoms with Gasteiger partial charge in [0.25, 0.3) is 0 Å². The van der Waals surface area contributed by atoms with Gasteiger partial charge in [0.05, 0.1) is 12.0 Å². The minimum Gasteiger partial charge on any atom is -0.358 e. The van der Waals surface area contributed by atoms with Gasteiger partial charge in [-0.1, -0.05) is 12.1 Å². The van der Waals surface area contributed by atoms with Crippen LogP contribution in [0.15, 0.2) is 42.5 Å². The van der Waals surface area contributed by atoms with E-state index in [0.29, 0.717) is 29.6 Å². The minimum absolute atomic E-state index is 0.0294. The molecule has 0 unspecified atom stereocenters. The van der Waals surface area contributed by atoms with Crippen molar-refractivity contribution in [2.45, 2.75) is 26.1 Å². The van der Waals surface area contributed by atoms with Crippen molar-refractivity contribution in [2.75, 3.05) is 27.2 Å². The molecule has 4 nitrogen and oxygen atoms in total. The van der Waals surface area contributed by atoms with Crippen LogP contribution in [0, 0.1) is 12.7 Å². The van der Waals surface area contributed by atoms with E-state index in [1.807, 2.05) is 25.9 Å². The molecule has 3 rings (SSSR count). The largest absolute Gasteiger partial charge is 0.416 e. The van der Waals surface area contributed by atoms with E-state index in [4.69, 9.17) is 0 Å². The first-order valence-electron chi connectivity index (χ1n) is 9.90. The Labute approximate surface area is 178 Å². The van der Waals surface area contributed by atoms with Gasteiger partial charge in [-0.15, -0.1) is 0 Å². The van der Waals surface area contributed by atoms with Crippen molar-refractivity contribution >= 4 is 16.8 Å². The van der Waals surface area contributed by atoms with Crippen molar-refractivity contribution < 1.29 is 22.4 Å². The van der Waals surface area contributed by atoms with Gasteiger partial charge in [0.2, 0.25) is 5.91 Å². The molecule has 0 aliphatic heterocycles. The van der Waals surface area contributed by atoms with Gasteiger partial charge < -0.3 is 14.8 Å². The number of aryl methyl sites for hydroxylation is 1. The number of benzene rings is 2. The van der Waals surface area contributed by atoms with Crippen LogP contribution in [-0.4, -0.2) is 47.9 Å². The fourth-order valence-corrected chi connectivity index (χ4v) is 3.52. The predicted octanol–water partition coefficient (Wildman–Crippen LogP) is 4.77. The van der Waals surface area contributed by atoms with Crippen LogP contribution in [0.3, 0.4) is 0 Å². The molecule has 1 heterocycles. The maximum Gasteiger partial charge on any atom is 0.416 e. The van der Waals surface area contributed by atoms with Crippen LogP contribution in [0.1, 0.15) is 22.4 Å². The van der Waals surface area contributed by atoms with E-state index in [1.54, 1.807) is 17.0 Å². The molecule has 0 radical (unpaired) electrons. The summed E-state index contributed by atoms with van der Waals surface area (Å²) in [6, 6.07) is 9.37. The number of carbonyl (C=O) groups excluding carboxylic acids is 1. The third-order valence-corrected chi connectivity index (χ3v) is 5.21. The van der Waals surface area contributed by atoms with Gasteiger partial charge >= 0.3 is 6.18 Å². The van der Waals surface area contributed by atoms with Crippen molar-refractivity contribution in [3.05, 3.63) is 70.7 Å². The van der Waals surface area contributed by atoms with Gasteiger partial charge in [-0.25, -0.2) is 4.39 Å². The lowest BCUT2D eigenvalue weighted by atomic mass is 10.1. The lowest BCUT2D eigenvalue weighted by Gasteiger charge is -2.25. The third kappa shape index (κ3) is 5.64. The maximum absolute atomic E-state index is 13.7. The number of hydrogen-bond donors (Lipinski definition) is 1. The topological polar surface area (TPSA) is 39.3 Å². The van der Waals surface area contributed by atoms with Crippen molar-refractivity contribution in [1.82, 2.24) is 14.8 Å². The molecule has 166 valence electrons. The Hall–Kier alpha value is -2.87. The fourth-order valence-electron chi connectivity index (χ4n) is 3.52. The second-order valence-electron chi connectivity index (χ2n) is 7.91. The van der Waals surface area contributed by atoms with E-state index in [1.165, 1.54) is 18.2 Å². The van der Waals surface area contributed by atoms with Crippen molar-refractivity contribution in [3.63, 3.8) is 0 Å². The molecule has 1 N–H and O–H groups in total. The SMILES string of the molecule is Cc1[nH]c2ccc(F)cc2c1CC(=O)N(CCN(C)C)Cc1cccc(C(F)(F)F)c1. The molecule has 0 saturated heterocycles. The predicted molar refractivity (Wildman–Crippen MR) is 112 cm³/mol. The first kappa shape index (κ1) is 22.8. The van der Waals surface area contributed by atoms with Crippen molar-refractivity contribution in [1.29, 1.82) is 0 Å². The Morgan fingerprint density at radius 1 is 1.06 bits per heavy atom. The summed E-state index contributed by atoms with van der Waals surface area (Å²) in [5, 5.41) is 0.637. The second kappa shape index (κ2) is 9.09. The number of halogens is 4. The zero-order valence-electron chi connectivity index (χ0n) is 17.7. The summed E-state index contributed by atoms with van der Waals surface area (Å²) in [6.07, 6.45) is -4.42. The zero-order valence-corrected chi connectivity index (χ0v) is 17.7. The molecular formula is C23H25F4N3O. The quantitative estimate of drug-likeness (QED) is 0.543. The fraction of sp³-hybridized carbons (Fsp3) is 0.348. The Kier molecular flexibility index (Phi) is 6.69. The van der Waals surface area contributed by atoms with E-state index < -0.39 is 17.6 Å². The van der Waals surface area contributed by atoms with Crippen LogP contribution in [-0.2, 0) is 23.9 Å². The smallest absolute Gasteiger partial charge is 0.358 e. The van der Waals surface area contributed by atoms with Crippen molar-refractivity contribution in [2.24, 2.45) is 0 Å². The minimum atomic E-state index is -4.44. The lowest BCUT2D eigenvalue weighted by molar-refractivity contribution is -0.137. The number of aromatic nitrogens is 1. The zero-order chi connectivity index (χ0) is 22.8. The lowest BCUT2D eigenvalue weighted by Crippen LogP contribution is -2.37. The molecule has 3 aromatic rings. The highest BCUT2D eigenvalue weighted by Gasteiger charge is 2.30. The summed E-state index contributed by atoms with van der Waals surface area (Å²) in [4.78, 5) is 19.8. The van der Waals surface area contributed by atoms with E-state index in [2.05, 4.69) is 4.98 Å². The van der Waals surface area contributed by atoms with Gasteiger partial charge in [-0.05, 0) is 62.5 Å². The highest BCUT2D eigenvalue weighted by atomic mass is 19.4. The molecule has 31 heavy (non-hydrogen) atoms. The molecule has 0 aliphatic rings. The molecular weight excluding hydrogens is 410 g/mol. The normalized spacial score (nSPS) is 12.0. The maximum atomic E-state index is 13.7. The van der Waals surface area contributed by atoms with Gasteiger partial charge in [0.1, 0.15) is 5.82 Å². The molecule has 8 heteroatoms. The Morgan fingerprint density at radius 3 is 2.48 bits per heavy atom. The molecule has 2 aromatic carbocycles. The van der Waals surface area contributed by atoms with Gasteiger partial charge in [0.15, 0.2) is 0 Å². The number of rotatable bonds is 7. The van der Waals surface area contributed by atoms with Crippen LogP contribution in [0.25, 0.3) is 10.9 Å². The van der Waals surface area contributed by atoms with Crippen LogP contribution in [0.2, 0.25) is 0 Å². The molecule has 0 aliphatic carbocycles. The molecule has 0 saturated carbocycles. The number of carbonyl (C=O) groups is 1. The average Bonchev–Trinajstić information content (AvgIpc) is 2.99. The number of H-pyrrole nitrogens is 1. The Bertz CT molecular complexity index is 1070. The summed E-state index contributed by atoms with van der Waals surface area (Å²) in [6.45, 7) is 2.80. The van der Waals surface area contributed by atoms with Gasteiger partial charge in [-0.2, -0.15) is 13.2 Å². The second-order valence-corrected chi connectivity index (χ2v) is 7.91. The van der Waals surface area contributed by atoms with E-state index in [-0.39, 0.29) is 18.9 Å². The summed E-state index contributed by atoms with van der Waals surface area (Å²) < 4.78 is 53.0. The highest BCUT2D eigenvalue weighted by molar-refractivity contribution is 5.90. The molecule has 0 fully saturated rings. The molecule has 0 bridgehead atoms. The number of amides is 1. The van der Waals surface area contributed by atoms with Crippen LogP contribution in [0.4, 0.5) is 17.6 Å². The summed E-state index contributed by atoms with van der Waals surface area (Å²) in [5.74, 6) is -0.624. The third-order valence-electron chi connectivity index (χ3n) is 5.21. The molecule has 0 atom stereocenters. The van der Waals surface area contributed by atoms with Crippen LogP contribution in [0.5, 0.6) is 0 Å². The van der Waals surface area contributed by atoms with Crippen LogP contribution < -0.4 is 0 Å². The monoisotopic (exact) mass is 435 g/mol. The number of fused-ring (bicyclic) bond motifs is 1. The number of likely N-dealkylation sites (N-methyl/N-ethyl adjacent to an activating group) is 1. The Morgan fingerprint density at radius 2 is 1.81 bits per heavy atom. The first-order valence-corrected chi connectivity index (χ1v) is 9.90. The van der Waals surface area contributed by atoms with Crippen molar-refractivity contribution in [3.8, 4) is 0 Å². The average molecular weight is 435 g/mol. The van der Waals surface area contributed by atoms with Gasteiger partial charge in [-0.3, -0.25) is 4.79 Å². The van der Waals surface area contributed by atoms with E-state index in [0.717, 1.165) is 23.3 Å². The standard InChI is InChI=1S/C23H25F4N3O/c1-15-19(20-12-18(24)7-8-21(20)28-15)13-22(31)30(10-9-29(2)3)14-16-5-4-6-17(11-16)23(25,26)27/h4-8,11-12,28H,9-10,13-14H2,1-3H3.